The van der Waals surface area contributed by atoms with E-state index >= 15 is 0 Å². The number of carbonyl (C=O) groups excluding carboxylic acids is 2. The number of hydrogen-bond donors (Lipinski definition) is 1. The number of anilines is 1. The van der Waals surface area contributed by atoms with Crippen molar-refractivity contribution >= 4 is 35.2 Å². The second-order valence-corrected chi connectivity index (χ2v) is 5.64. The molecule has 3 rings (SSSR count). The molecule has 0 spiro atoms. The number of carbonyl (C=O) groups is 2. The monoisotopic (exact) mass is 377 g/mol. The highest BCUT2D eigenvalue weighted by atomic mass is 35.5. The van der Waals surface area contributed by atoms with E-state index in [4.69, 9.17) is 25.8 Å². The summed E-state index contributed by atoms with van der Waals surface area (Å²) in [6, 6.07) is 8.93. The van der Waals surface area contributed by atoms with E-state index in [2.05, 4.69) is 5.32 Å². The summed E-state index contributed by atoms with van der Waals surface area (Å²) < 4.78 is 28.3. The standard InChI is InChI=1S/C18H13ClFNO5/c19-13-8-12(3-4-14(13)20)21-17(22)9-24-18(23)6-2-11-1-5-15-16(7-11)26-10-25-15/h1-8H,9-10H2,(H,21,22). The Morgan fingerprint density at radius 3 is 2.81 bits per heavy atom. The van der Waals surface area contributed by atoms with Crippen LogP contribution in [-0.4, -0.2) is 25.3 Å². The average molecular weight is 378 g/mol. The number of nitrogens with one attached hydrogen (secondary N) is 1. The van der Waals surface area contributed by atoms with Crippen LogP contribution < -0.4 is 14.8 Å². The number of hydrogen-bond acceptors (Lipinski definition) is 5. The second-order valence-electron chi connectivity index (χ2n) is 5.23. The van der Waals surface area contributed by atoms with Crippen LogP contribution in [0.25, 0.3) is 6.08 Å². The van der Waals surface area contributed by atoms with Gasteiger partial charge in [-0.25, -0.2) is 9.18 Å². The van der Waals surface area contributed by atoms with E-state index in [0.29, 0.717) is 17.2 Å². The molecule has 1 aliphatic heterocycles. The summed E-state index contributed by atoms with van der Waals surface area (Å²) in [4.78, 5) is 23.4. The quantitative estimate of drug-likeness (QED) is 0.638. The van der Waals surface area contributed by atoms with Gasteiger partial charge in [0.05, 0.1) is 5.02 Å². The summed E-state index contributed by atoms with van der Waals surface area (Å²) in [5.74, 6) is -0.614. The summed E-state index contributed by atoms with van der Waals surface area (Å²) in [7, 11) is 0. The Morgan fingerprint density at radius 2 is 2.00 bits per heavy atom. The van der Waals surface area contributed by atoms with Crippen LogP contribution in [0.5, 0.6) is 11.5 Å². The molecule has 0 saturated heterocycles. The van der Waals surface area contributed by atoms with Crippen LogP contribution in [0.4, 0.5) is 10.1 Å². The predicted octanol–water partition coefficient (Wildman–Crippen LogP) is 3.40. The first-order valence-electron chi connectivity index (χ1n) is 7.50. The zero-order chi connectivity index (χ0) is 18.5. The lowest BCUT2D eigenvalue weighted by Crippen LogP contribution is -2.20. The Kier molecular flexibility index (Phi) is 5.38. The lowest BCUT2D eigenvalue weighted by molar-refractivity contribution is -0.142. The van der Waals surface area contributed by atoms with Crippen molar-refractivity contribution in [1.29, 1.82) is 0 Å². The first-order chi connectivity index (χ1) is 12.5. The minimum atomic E-state index is -0.685. The van der Waals surface area contributed by atoms with Crippen molar-refractivity contribution in [3.63, 3.8) is 0 Å². The number of benzene rings is 2. The van der Waals surface area contributed by atoms with Gasteiger partial charge in [0.25, 0.3) is 5.91 Å². The molecule has 0 aliphatic carbocycles. The molecule has 134 valence electrons. The number of fused-ring (bicyclic) bond motifs is 1. The van der Waals surface area contributed by atoms with Gasteiger partial charge in [-0.3, -0.25) is 4.79 Å². The molecule has 26 heavy (non-hydrogen) atoms. The fourth-order valence-electron chi connectivity index (χ4n) is 2.14. The maximum atomic E-state index is 13.1. The van der Waals surface area contributed by atoms with Gasteiger partial charge in [0.2, 0.25) is 6.79 Å². The molecule has 2 aromatic carbocycles. The van der Waals surface area contributed by atoms with E-state index in [1.807, 2.05) is 0 Å². The highest BCUT2D eigenvalue weighted by Gasteiger charge is 2.12. The zero-order valence-electron chi connectivity index (χ0n) is 13.3. The third kappa shape index (κ3) is 4.52. The Hall–Kier alpha value is -3.06. The Bertz CT molecular complexity index is 884. The number of halogens is 2. The Morgan fingerprint density at radius 1 is 1.19 bits per heavy atom. The fraction of sp³-hybridized carbons (Fsp3) is 0.111. The Labute approximate surface area is 153 Å². The molecule has 6 nitrogen and oxygen atoms in total. The van der Waals surface area contributed by atoms with Crippen LogP contribution in [0.1, 0.15) is 5.56 Å². The van der Waals surface area contributed by atoms with Gasteiger partial charge in [-0.15, -0.1) is 0 Å². The van der Waals surface area contributed by atoms with Gasteiger partial charge < -0.3 is 19.5 Å². The van der Waals surface area contributed by atoms with E-state index in [1.165, 1.54) is 24.3 Å². The fourth-order valence-corrected chi connectivity index (χ4v) is 2.32. The molecular formula is C18H13ClFNO5. The molecule has 1 N–H and O–H groups in total. The largest absolute Gasteiger partial charge is 0.454 e. The summed E-state index contributed by atoms with van der Waals surface area (Å²) in [6.45, 7) is -0.321. The molecule has 0 saturated carbocycles. The molecule has 1 heterocycles. The SMILES string of the molecule is O=C(COC(=O)C=Cc1ccc2c(c1)OCO2)Nc1ccc(F)c(Cl)c1. The molecule has 2 aromatic rings. The van der Waals surface area contributed by atoms with Gasteiger partial charge in [-0.2, -0.15) is 0 Å². The van der Waals surface area contributed by atoms with Crippen molar-refractivity contribution in [3.05, 3.63) is 58.9 Å². The molecule has 1 aliphatic rings. The molecule has 8 heteroatoms. The maximum absolute atomic E-state index is 13.1. The van der Waals surface area contributed by atoms with Gasteiger partial charge in [0.1, 0.15) is 5.82 Å². The molecule has 0 atom stereocenters. The first-order valence-corrected chi connectivity index (χ1v) is 7.88. The second kappa shape index (κ2) is 7.88. The van der Waals surface area contributed by atoms with E-state index in [-0.39, 0.29) is 11.8 Å². The van der Waals surface area contributed by atoms with Crippen LogP contribution in [0.3, 0.4) is 0 Å². The van der Waals surface area contributed by atoms with Crippen molar-refractivity contribution in [3.8, 4) is 11.5 Å². The number of ether oxygens (including phenoxy) is 3. The third-order valence-electron chi connectivity index (χ3n) is 3.36. The van der Waals surface area contributed by atoms with E-state index in [0.717, 1.165) is 11.6 Å². The van der Waals surface area contributed by atoms with Gasteiger partial charge in [0, 0.05) is 11.8 Å². The molecule has 0 radical (unpaired) electrons. The molecule has 0 fully saturated rings. The predicted molar refractivity (Wildman–Crippen MR) is 92.6 cm³/mol. The number of rotatable bonds is 5. The van der Waals surface area contributed by atoms with Crippen LogP contribution >= 0.6 is 11.6 Å². The zero-order valence-corrected chi connectivity index (χ0v) is 14.1. The number of esters is 1. The summed E-state index contributed by atoms with van der Waals surface area (Å²) in [5.41, 5.74) is 1.02. The first kappa shape index (κ1) is 17.8. The lowest BCUT2D eigenvalue weighted by atomic mass is 10.2. The Balaban J connectivity index is 1.48. The maximum Gasteiger partial charge on any atom is 0.331 e. The van der Waals surface area contributed by atoms with Crippen molar-refractivity contribution < 1.29 is 28.2 Å². The third-order valence-corrected chi connectivity index (χ3v) is 3.65. The minimum absolute atomic E-state index is 0.119. The summed E-state index contributed by atoms with van der Waals surface area (Å²) >= 11 is 5.62. The topological polar surface area (TPSA) is 73.9 Å². The van der Waals surface area contributed by atoms with Crippen molar-refractivity contribution in [2.45, 2.75) is 0 Å². The van der Waals surface area contributed by atoms with E-state index < -0.39 is 24.3 Å². The van der Waals surface area contributed by atoms with E-state index in [9.17, 15) is 14.0 Å². The molecule has 0 bridgehead atoms. The number of amides is 1. The summed E-state index contributed by atoms with van der Waals surface area (Å²) in [5, 5.41) is 2.33. The van der Waals surface area contributed by atoms with Crippen LogP contribution in [0.15, 0.2) is 42.5 Å². The molecule has 1 amide bonds. The van der Waals surface area contributed by atoms with Crippen molar-refractivity contribution in [2.24, 2.45) is 0 Å². The van der Waals surface area contributed by atoms with Crippen LogP contribution in [0, 0.1) is 5.82 Å². The van der Waals surface area contributed by atoms with Gasteiger partial charge in [-0.05, 0) is 42.0 Å². The lowest BCUT2D eigenvalue weighted by Gasteiger charge is -2.06. The smallest absolute Gasteiger partial charge is 0.331 e. The van der Waals surface area contributed by atoms with Crippen molar-refractivity contribution in [1.82, 2.24) is 0 Å². The van der Waals surface area contributed by atoms with Gasteiger partial charge in [-0.1, -0.05) is 17.7 Å². The normalized spacial score (nSPS) is 12.2. The highest BCUT2D eigenvalue weighted by Crippen LogP contribution is 2.32. The minimum Gasteiger partial charge on any atom is -0.454 e. The average Bonchev–Trinajstić information content (AvgIpc) is 3.09. The molecule has 0 aromatic heterocycles. The molecular weight excluding hydrogens is 365 g/mol. The molecule has 0 unspecified atom stereocenters. The van der Waals surface area contributed by atoms with Crippen LogP contribution in [0.2, 0.25) is 5.02 Å². The van der Waals surface area contributed by atoms with E-state index in [1.54, 1.807) is 18.2 Å². The van der Waals surface area contributed by atoms with Gasteiger partial charge >= 0.3 is 5.97 Å². The van der Waals surface area contributed by atoms with Gasteiger partial charge in [0.15, 0.2) is 18.1 Å². The van der Waals surface area contributed by atoms with Crippen molar-refractivity contribution in [2.75, 3.05) is 18.7 Å². The van der Waals surface area contributed by atoms with Crippen LogP contribution in [-0.2, 0) is 14.3 Å². The summed E-state index contributed by atoms with van der Waals surface area (Å²) in [6.07, 6.45) is 2.72. The highest BCUT2D eigenvalue weighted by molar-refractivity contribution is 6.31.